The van der Waals surface area contributed by atoms with Gasteiger partial charge in [-0.3, -0.25) is 4.79 Å². The van der Waals surface area contributed by atoms with E-state index in [9.17, 15) is 9.18 Å². The molecule has 0 bridgehead atoms. The number of likely N-dealkylation sites (tertiary alicyclic amines) is 1. The van der Waals surface area contributed by atoms with Crippen LogP contribution in [0.5, 0.6) is 0 Å². The van der Waals surface area contributed by atoms with E-state index in [0.29, 0.717) is 29.1 Å². The van der Waals surface area contributed by atoms with Crippen molar-refractivity contribution in [2.75, 3.05) is 26.8 Å². The van der Waals surface area contributed by atoms with Gasteiger partial charge in [0.1, 0.15) is 5.82 Å². The van der Waals surface area contributed by atoms with Gasteiger partial charge < -0.3 is 9.64 Å². The van der Waals surface area contributed by atoms with Gasteiger partial charge in [-0.05, 0) is 37.0 Å². The molecule has 1 aliphatic rings. The highest BCUT2D eigenvalue weighted by molar-refractivity contribution is 9.10. The summed E-state index contributed by atoms with van der Waals surface area (Å²) < 4.78 is 19.1. The zero-order chi connectivity index (χ0) is 13.8. The summed E-state index contributed by atoms with van der Waals surface area (Å²) in [6.45, 7) is 2.07. The van der Waals surface area contributed by atoms with Gasteiger partial charge in [0.25, 0.3) is 5.91 Å². The average molecular weight is 330 g/mol. The van der Waals surface area contributed by atoms with E-state index >= 15 is 0 Å². The van der Waals surface area contributed by atoms with Gasteiger partial charge in [-0.25, -0.2) is 4.39 Å². The van der Waals surface area contributed by atoms with Gasteiger partial charge in [-0.2, -0.15) is 0 Å². The van der Waals surface area contributed by atoms with Crippen LogP contribution in [-0.2, 0) is 4.74 Å². The van der Waals surface area contributed by atoms with E-state index in [1.807, 2.05) is 0 Å². The smallest absolute Gasteiger partial charge is 0.254 e. The van der Waals surface area contributed by atoms with Crippen LogP contribution >= 0.6 is 15.9 Å². The van der Waals surface area contributed by atoms with Crippen LogP contribution < -0.4 is 0 Å². The first-order chi connectivity index (χ1) is 9.10. The number of amides is 1. The lowest BCUT2D eigenvalue weighted by molar-refractivity contribution is 0.0570. The fourth-order valence-corrected chi connectivity index (χ4v) is 2.95. The van der Waals surface area contributed by atoms with Crippen LogP contribution in [0.4, 0.5) is 4.39 Å². The number of halogens is 2. The molecule has 19 heavy (non-hydrogen) atoms. The molecule has 1 saturated heterocycles. The zero-order valence-electron chi connectivity index (χ0n) is 10.9. The Kier molecular flexibility index (Phi) is 4.93. The third kappa shape index (κ3) is 3.76. The topological polar surface area (TPSA) is 29.5 Å². The summed E-state index contributed by atoms with van der Waals surface area (Å²) in [4.78, 5) is 14.1. The minimum Gasteiger partial charge on any atom is -0.384 e. The number of methoxy groups -OCH3 is 1. The van der Waals surface area contributed by atoms with Crippen LogP contribution in [0.2, 0.25) is 0 Å². The molecular weight excluding hydrogens is 313 g/mol. The fourth-order valence-electron chi connectivity index (χ4n) is 2.48. The number of carbonyl (C=O) groups is 1. The van der Waals surface area contributed by atoms with Gasteiger partial charge in [0, 0.05) is 30.2 Å². The number of rotatable bonds is 3. The SMILES string of the molecule is COCC1CCCN(C(=O)c2cc(F)cc(Br)c2)C1. The molecule has 1 unspecified atom stereocenters. The summed E-state index contributed by atoms with van der Waals surface area (Å²) in [5, 5.41) is 0. The Morgan fingerprint density at radius 2 is 2.32 bits per heavy atom. The third-order valence-corrected chi connectivity index (χ3v) is 3.78. The maximum absolute atomic E-state index is 13.3. The van der Waals surface area contributed by atoms with E-state index in [1.165, 1.54) is 12.1 Å². The predicted octanol–water partition coefficient (Wildman–Crippen LogP) is 3.09. The van der Waals surface area contributed by atoms with Crippen LogP contribution in [0.15, 0.2) is 22.7 Å². The summed E-state index contributed by atoms with van der Waals surface area (Å²) in [6, 6.07) is 4.29. The summed E-state index contributed by atoms with van der Waals surface area (Å²) in [7, 11) is 1.67. The Hall–Kier alpha value is -0.940. The fraction of sp³-hybridized carbons (Fsp3) is 0.500. The highest BCUT2D eigenvalue weighted by atomic mass is 79.9. The van der Waals surface area contributed by atoms with Gasteiger partial charge in [0.15, 0.2) is 0 Å². The quantitative estimate of drug-likeness (QED) is 0.852. The Bertz CT molecular complexity index is 445. The molecule has 1 amide bonds. The molecule has 0 saturated carbocycles. The number of piperidine rings is 1. The lowest BCUT2D eigenvalue weighted by Crippen LogP contribution is -2.41. The van der Waals surface area contributed by atoms with E-state index in [1.54, 1.807) is 18.1 Å². The highest BCUT2D eigenvalue weighted by Crippen LogP contribution is 2.21. The molecule has 104 valence electrons. The first-order valence-electron chi connectivity index (χ1n) is 6.34. The van der Waals surface area contributed by atoms with Crippen molar-refractivity contribution in [2.24, 2.45) is 5.92 Å². The maximum Gasteiger partial charge on any atom is 0.254 e. The standard InChI is InChI=1S/C14H17BrFNO2/c1-19-9-10-3-2-4-17(8-10)14(18)11-5-12(15)7-13(16)6-11/h5-7,10H,2-4,8-9H2,1H3. The van der Waals surface area contributed by atoms with E-state index in [0.717, 1.165) is 19.4 Å². The summed E-state index contributed by atoms with van der Waals surface area (Å²) in [6.07, 6.45) is 2.04. The highest BCUT2D eigenvalue weighted by Gasteiger charge is 2.24. The number of carbonyl (C=O) groups excluding carboxylic acids is 1. The van der Waals surface area contributed by atoms with E-state index in [4.69, 9.17) is 4.74 Å². The maximum atomic E-state index is 13.3. The molecule has 1 aliphatic heterocycles. The molecule has 1 heterocycles. The van der Waals surface area contributed by atoms with Crippen molar-refractivity contribution in [2.45, 2.75) is 12.8 Å². The molecule has 0 N–H and O–H groups in total. The Balaban J connectivity index is 2.10. The number of hydrogen-bond donors (Lipinski definition) is 0. The Morgan fingerprint density at radius 1 is 1.53 bits per heavy atom. The molecule has 1 fully saturated rings. The van der Waals surface area contributed by atoms with Crippen molar-refractivity contribution in [3.8, 4) is 0 Å². The average Bonchev–Trinajstić information content (AvgIpc) is 2.37. The lowest BCUT2D eigenvalue weighted by Gasteiger charge is -2.32. The molecular formula is C14H17BrFNO2. The normalized spacial score (nSPS) is 19.5. The monoisotopic (exact) mass is 329 g/mol. The molecule has 0 radical (unpaired) electrons. The second-order valence-corrected chi connectivity index (χ2v) is 5.79. The van der Waals surface area contributed by atoms with Crippen molar-refractivity contribution in [3.63, 3.8) is 0 Å². The van der Waals surface area contributed by atoms with Crippen LogP contribution in [-0.4, -0.2) is 37.6 Å². The van der Waals surface area contributed by atoms with E-state index in [2.05, 4.69) is 15.9 Å². The van der Waals surface area contributed by atoms with Crippen LogP contribution in [0.3, 0.4) is 0 Å². The largest absolute Gasteiger partial charge is 0.384 e. The molecule has 0 aliphatic carbocycles. The molecule has 3 nitrogen and oxygen atoms in total. The van der Waals surface area contributed by atoms with Gasteiger partial charge >= 0.3 is 0 Å². The molecule has 1 aromatic rings. The van der Waals surface area contributed by atoms with Crippen molar-refractivity contribution in [1.82, 2.24) is 4.90 Å². The first kappa shape index (κ1) is 14.5. The number of nitrogens with zero attached hydrogens (tertiary/aromatic N) is 1. The molecule has 1 aromatic carbocycles. The van der Waals surface area contributed by atoms with Crippen LogP contribution in [0.25, 0.3) is 0 Å². The first-order valence-corrected chi connectivity index (χ1v) is 7.13. The van der Waals surface area contributed by atoms with E-state index < -0.39 is 5.82 Å². The third-order valence-electron chi connectivity index (χ3n) is 3.32. The van der Waals surface area contributed by atoms with Gasteiger partial charge in [-0.1, -0.05) is 15.9 Å². The minimum absolute atomic E-state index is 0.110. The number of benzene rings is 1. The van der Waals surface area contributed by atoms with Crippen molar-refractivity contribution in [3.05, 3.63) is 34.1 Å². The molecule has 1 atom stereocenters. The van der Waals surface area contributed by atoms with Crippen LogP contribution in [0, 0.1) is 11.7 Å². The Morgan fingerprint density at radius 3 is 3.00 bits per heavy atom. The van der Waals surface area contributed by atoms with Crippen molar-refractivity contribution < 1.29 is 13.9 Å². The number of ether oxygens (including phenoxy) is 1. The van der Waals surface area contributed by atoms with Gasteiger partial charge in [-0.15, -0.1) is 0 Å². The van der Waals surface area contributed by atoms with Crippen molar-refractivity contribution in [1.29, 1.82) is 0 Å². The number of hydrogen-bond acceptors (Lipinski definition) is 2. The minimum atomic E-state index is -0.400. The van der Waals surface area contributed by atoms with Crippen molar-refractivity contribution >= 4 is 21.8 Å². The summed E-state index contributed by atoms with van der Waals surface area (Å²) in [5.74, 6) is -0.135. The Labute approximate surface area is 120 Å². The molecule has 0 aromatic heterocycles. The second kappa shape index (κ2) is 6.48. The lowest BCUT2D eigenvalue weighted by atomic mass is 9.98. The molecule has 5 heteroatoms. The summed E-state index contributed by atoms with van der Waals surface area (Å²) in [5.41, 5.74) is 0.393. The van der Waals surface area contributed by atoms with Gasteiger partial charge in [0.2, 0.25) is 0 Å². The molecule has 2 rings (SSSR count). The van der Waals surface area contributed by atoms with Gasteiger partial charge in [0.05, 0.1) is 6.61 Å². The zero-order valence-corrected chi connectivity index (χ0v) is 12.5. The van der Waals surface area contributed by atoms with E-state index in [-0.39, 0.29) is 5.91 Å². The second-order valence-electron chi connectivity index (χ2n) is 4.87. The summed E-state index contributed by atoms with van der Waals surface area (Å²) >= 11 is 3.21. The molecule has 0 spiro atoms. The van der Waals surface area contributed by atoms with Crippen LogP contribution in [0.1, 0.15) is 23.2 Å². The predicted molar refractivity (Wildman–Crippen MR) is 74.6 cm³/mol.